The van der Waals surface area contributed by atoms with Crippen LogP contribution in [0.25, 0.3) is 0 Å². The Kier molecular flexibility index (Phi) is 3.83. The number of benzene rings is 1. The summed E-state index contributed by atoms with van der Waals surface area (Å²) in [6.07, 6.45) is 2.68. The van der Waals surface area contributed by atoms with Gasteiger partial charge in [0.05, 0.1) is 11.3 Å². The van der Waals surface area contributed by atoms with Crippen molar-refractivity contribution in [3.63, 3.8) is 0 Å². The van der Waals surface area contributed by atoms with Crippen LogP contribution in [-0.2, 0) is 4.79 Å². The molecule has 1 saturated carbocycles. The lowest BCUT2D eigenvalue weighted by Gasteiger charge is -2.20. The number of nitrogens with zero attached hydrogens (tertiary/aromatic N) is 2. The van der Waals surface area contributed by atoms with Crippen LogP contribution in [0.2, 0.25) is 0 Å². The number of nitrogens with one attached hydrogen (secondary N) is 1. The van der Waals surface area contributed by atoms with Gasteiger partial charge in [-0.3, -0.25) is 4.79 Å². The molecule has 0 heterocycles. The predicted molar refractivity (Wildman–Crippen MR) is 70.2 cm³/mol. The molecule has 1 amide bonds. The Morgan fingerprint density at radius 3 is 2.89 bits per heavy atom. The maximum atomic E-state index is 11.6. The van der Waals surface area contributed by atoms with Crippen molar-refractivity contribution >= 4 is 11.6 Å². The molecule has 4 nitrogen and oxygen atoms in total. The summed E-state index contributed by atoms with van der Waals surface area (Å²) in [5.41, 5.74) is 1.52. The van der Waals surface area contributed by atoms with E-state index >= 15 is 0 Å². The summed E-state index contributed by atoms with van der Waals surface area (Å²) in [5, 5.41) is 12.0. The Labute approximate surface area is 107 Å². The van der Waals surface area contributed by atoms with E-state index in [-0.39, 0.29) is 5.91 Å². The first kappa shape index (κ1) is 12.4. The van der Waals surface area contributed by atoms with Gasteiger partial charge in [-0.2, -0.15) is 5.26 Å². The van der Waals surface area contributed by atoms with Crippen LogP contribution in [0, 0.1) is 11.3 Å². The lowest BCUT2D eigenvalue weighted by atomic mass is 10.2. The second kappa shape index (κ2) is 5.54. The highest BCUT2D eigenvalue weighted by atomic mass is 16.1. The highest BCUT2D eigenvalue weighted by molar-refractivity contribution is 5.77. The van der Waals surface area contributed by atoms with E-state index in [1.807, 2.05) is 30.1 Å². The van der Waals surface area contributed by atoms with Crippen molar-refractivity contribution in [1.82, 2.24) is 5.32 Å². The van der Waals surface area contributed by atoms with Crippen molar-refractivity contribution < 1.29 is 4.79 Å². The van der Waals surface area contributed by atoms with E-state index in [2.05, 4.69) is 11.4 Å². The molecular formula is C14H17N3O. The summed E-state index contributed by atoms with van der Waals surface area (Å²) in [5.74, 6) is 0.0961. The number of amides is 1. The quantitative estimate of drug-likeness (QED) is 0.855. The van der Waals surface area contributed by atoms with Crippen molar-refractivity contribution in [2.45, 2.75) is 25.3 Å². The van der Waals surface area contributed by atoms with E-state index in [0.717, 1.165) is 18.5 Å². The molecule has 1 aliphatic rings. The van der Waals surface area contributed by atoms with Crippen LogP contribution in [0.5, 0.6) is 0 Å². The molecule has 0 aliphatic heterocycles. The Bertz CT molecular complexity index is 474. The first-order chi connectivity index (χ1) is 8.70. The van der Waals surface area contributed by atoms with Gasteiger partial charge in [-0.05, 0) is 25.0 Å². The molecule has 1 N–H and O–H groups in total. The predicted octanol–water partition coefficient (Wildman–Crippen LogP) is 1.66. The number of carbonyl (C=O) groups is 1. The van der Waals surface area contributed by atoms with Crippen molar-refractivity contribution in [1.29, 1.82) is 5.26 Å². The Morgan fingerprint density at radius 2 is 2.22 bits per heavy atom. The molecule has 2 rings (SSSR count). The molecule has 94 valence electrons. The monoisotopic (exact) mass is 243 g/mol. The third-order valence-corrected chi connectivity index (χ3v) is 3.05. The first-order valence-corrected chi connectivity index (χ1v) is 6.20. The second-order valence-corrected chi connectivity index (χ2v) is 4.64. The summed E-state index contributed by atoms with van der Waals surface area (Å²) < 4.78 is 0. The molecule has 4 heteroatoms. The second-order valence-electron chi connectivity index (χ2n) is 4.64. The number of rotatable bonds is 5. The number of carbonyl (C=O) groups excluding carboxylic acids is 1. The summed E-state index contributed by atoms with van der Waals surface area (Å²) >= 11 is 0. The molecule has 0 saturated heterocycles. The van der Waals surface area contributed by atoms with E-state index in [0.29, 0.717) is 24.6 Å². The van der Waals surface area contributed by atoms with Crippen molar-refractivity contribution in [2.24, 2.45) is 0 Å². The fourth-order valence-corrected chi connectivity index (χ4v) is 1.82. The van der Waals surface area contributed by atoms with Crippen molar-refractivity contribution in [2.75, 3.05) is 18.5 Å². The average Bonchev–Trinajstić information content (AvgIpc) is 3.19. The third kappa shape index (κ3) is 3.24. The van der Waals surface area contributed by atoms with Crippen LogP contribution in [0.4, 0.5) is 5.69 Å². The van der Waals surface area contributed by atoms with E-state index in [1.165, 1.54) is 0 Å². The van der Waals surface area contributed by atoms with E-state index < -0.39 is 0 Å². The molecule has 1 aliphatic carbocycles. The third-order valence-electron chi connectivity index (χ3n) is 3.05. The number of hydrogen-bond donors (Lipinski definition) is 1. The summed E-state index contributed by atoms with van der Waals surface area (Å²) in [6.45, 7) is 0.622. The molecular weight excluding hydrogens is 226 g/mol. The lowest BCUT2D eigenvalue weighted by molar-refractivity contribution is -0.121. The van der Waals surface area contributed by atoms with E-state index in [1.54, 1.807) is 6.07 Å². The van der Waals surface area contributed by atoms with Crippen LogP contribution < -0.4 is 10.2 Å². The maximum Gasteiger partial charge on any atom is 0.221 e. The molecule has 0 spiro atoms. The van der Waals surface area contributed by atoms with Gasteiger partial charge in [-0.15, -0.1) is 0 Å². The van der Waals surface area contributed by atoms with Gasteiger partial charge >= 0.3 is 0 Å². The normalized spacial score (nSPS) is 13.8. The van der Waals surface area contributed by atoms with Gasteiger partial charge in [0, 0.05) is 26.1 Å². The van der Waals surface area contributed by atoms with Crippen LogP contribution in [0.1, 0.15) is 24.8 Å². The average molecular weight is 243 g/mol. The minimum Gasteiger partial charge on any atom is -0.373 e. The Hall–Kier alpha value is -2.02. The zero-order chi connectivity index (χ0) is 13.0. The smallest absolute Gasteiger partial charge is 0.221 e. The van der Waals surface area contributed by atoms with Gasteiger partial charge in [-0.25, -0.2) is 0 Å². The van der Waals surface area contributed by atoms with Gasteiger partial charge in [0.2, 0.25) is 5.91 Å². The fourth-order valence-electron chi connectivity index (χ4n) is 1.82. The van der Waals surface area contributed by atoms with Crippen LogP contribution in [-0.4, -0.2) is 25.5 Å². The molecule has 0 bridgehead atoms. The fraction of sp³-hybridized carbons (Fsp3) is 0.429. The van der Waals surface area contributed by atoms with Gasteiger partial charge in [0.15, 0.2) is 0 Å². The van der Waals surface area contributed by atoms with Crippen LogP contribution in [0.15, 0.2) is 24.3 Å². The molecule has 1 aromatic rings. The zero-order valence-electron chi connectivity index (χ0n) is 10.5. The first-order valence-electron chi connectivity index (χ1n) is 6.20. The molecule has 0 unspecified atom stereocenters. The van der Waals surface area contributed by atoms with E-state index in [4.69, 9.17) is 5.26 Å². The minimum atomic E-state index is 0.0961. The highest BCUT2D eigenvalue weighted by Crippen LogP contribution is 2.20. The number of nitriles is 1. The molecule has 1 aromatic carbocycles. The topological polar surface area (TPSA) is 56.1 Å². The maximum absolute atomic E-state index is 11.6. The molecule has 0 aromatic heterocycles. The molecule has 0 atom stereocenters. The Balaban J connectivity index is 1.88. The summed E-state index contributed by atoms with van der Waals surface area (Å²) in [4.78, 5) is 13.5. The van der Waals surface area contributed by atoms with Gasteiger partial charge < -0.3 is 10.2 Å². The summed E-state index contributed by atoms with van der Waals surface area (Å²) in [7, 11) is 1.90. The number of para-hydroxylation sites is 1. The van der Waals surface area contributed by atoms with Gasteiger partial charge in [0.25, 0.3) is 0 Å². The number of hydrogen-bond acceptors (Lipinski definition) is 3. The SMILES string of the molecule is CN(CCC(=O)NC1CC1)c1ccccc1C#N. The van der Waals surface area contributed by atoms with Gasteiger partial charge in [0.1, 0.15) is 6.07 Å². The van der Waals surface area contributed by atoms with E-state index in [9.17, 15) is 4.79 Å². The zero-order valence-corrected chi connectivity index (χ0v) is 10.5. The Morgan fingerprint density at radius 1 is 1.50 bits per heavy atom. The van der Waals surface area contributed by atoms with Crippen LogP contribution in [0.3, 0.4) is 0 Å². The minimum absolute atomic E-state index is 0.0961. The van der Waals surface area contributed by atoms with Crippen LogP contribution >= 0.6 is 0 Å². The molecule has 18 heavy (non-hydrogen) atoms. The highest BCUT2D eigenvalue weighted by Gasteiger charge is 2.23. The van der Waals surface area contributed by atoms with Crippen molar-refractivity contribution in [3.05, 3.63) is 29.8 Å². The molecule has 1 fully saturated rings. The molecule has 0 radical (unpaired) electrons. The lowest BCUT2D eigenvalue weighted by Crippen LogP contribution is -2.30. The summed E-state index contributed by atoms with van der Waals surface area (Å²) in [6, 6.07) is 10.0. The standard InChI is InChI=1S/C14H17N3O/c1-17(9-8-14(18)16-12-6-7-12)13-5-3-2-4-11(13)10-15/h2-5,12H,6-9H2,1H3,(H,16,18). The van der Waals surface area contributed by atoms with Crippen molar-refractivity contribution in [3.8, 4) is 6.07 Å². The number of anilines is 1. The largest absolute Gasteiger partial charge is 0.373 e. The van der Waals surface area contributed by atoms with Gasteiger partial charge in [-0.1, -0.05) is 12.1 Å².